The van der Waals surface area contributed by atoms with Crippen LogP contribution in [-0.4, -0.2) is 52.1 Å². The summed E-state index contributed by atoms with van der Waals surface area (Å²) in [7, 11) is 0. The molecule has 26 heavy (non-hydrogen) atoms. The van der Waals surface area contributed by atoms with Crippen LogP contribution in [-0.2, 0) is 6.61 Å². The highest BCUT2D eigenvalue weighted by molar-refractivity contribution is 9.10. The number of aliphatic hydroxyl groups is 3. The van der Waals surface area contributed by atoms with Gasteiger partial charge in [0.25, 0.3) is 0 Å². The lowest BCUT2D eigenvalue weighted by molar-refractivity contribution is 0.0572. The third kappa shape index (κ3) is 4.97. The van der Waals surface area contributed by atoms with E-state index < -0.39 is 18.3 Å². The Balaban J connectivity index is 1.69. The maximum absolute atomic E-state index is 10.7. The van der Waals surface area contributed by atoms with Gasteiger partial charge < -0.3 is 20.1 Å². The van der Waals surface area contributed by atoms with Crippen LogP contribution in [0.3, 0.4) is 0 Å². The van der Waals surface area contributed by atoms with E-state index in [1.807, 2.05) is 47.4 Å². The SMILES string of the molecule is OC(CN1CC(O)C(O)C1)c1cc(Br)ccc1OCc1ccc(Cl)cc1. The second-order valence-corrected chi connectivity index (χ2v) is 7.82. The van der Waals surface area contributed by atoms with Crippen LogP contribution in [0.15, 0.2) is 46.9 Å². The molecule has 0 aliphatic carbocycles. The Morgan fingerprint density at radius 3 is 2.42 bits per heavy atom. The average Bonchev–Trinajstić information content (AvgIpc) is 2.92. The van der Waals surface area contributed by atoms with E-state index in [4.69, 9.17) is 16.3 Å². The van der Waals surface area contributed by atoms with Crippen molar-refractivity contribution >= 4 is 27.5 Å². The van der Waals surface area contributed by atoms with Crippen molar-refractivity contribution in [2.24, 2.45) is 0 Å². The van der Waals surface area contributed by atoms with Gasteiger partial charge in [-0.3, -0.25) is 4.90 Å². The fourth-order valence-corrected chi connectivity index (χ4v) is 3.50. The summed E-state index contributed by atoms with van der Waals surface area (Å²) in [5, 5.41) is 30.7. The molecule has 1 fully saturated rings. The molecular weight excluding hydrogens is 422 g/mol. The van der Waals surface area contributed by atoms with Crippen molar-refractivity contribution in [1.29, 1.82) is 0 Å². The molecule has 2 aromatic rings. The maximum Gasteiger partial charge on any atom is 0.125 e. The molecule has 7 heteroatoms. The smallest absolute Gasteiger partial charge is 0.125 e. The largest absolute Gasteiger partial charge is 0.489 e. The van der Waals surface area contributed by atoms with Crippen molar-refractivity contribution in [1.82, 2.24) is 4.90 Å². The Morgan fingerprint density at radius 1 is 1.12 bits per heavy atom. The number of β-amino-alcohol motifs (C(OH)–C–C–N with tert-alkyl or cyclic N) is 3. The van der Waals surface area contributed by atoms with Gasteiger partial charge in [0.05, 0.1) is 18.3 Å². The van der Waals surface area contributed by atoms with E-state index in [1.54, 1.807) is 0 Å². The third-order valence-corrected chi connectivity index (χ3v) is 5.15. The first-order valence-electron chi connectivity index (χ1n) is 8.35. The zero-order valence-corrected chi connectivity index (χ0v) is 16.4. The van der Waals surface area contributed by atoms with Crippen LogP contribution < -0.4 is 4.74 Å². The number of halogens is 2. The average molecular weight is 443 g/mol. The van der Waals surface area contributed by atoms with Gasteiger partial charge in [0, 0.05) is 34.7 Å². The van der Waals surface area contributed by atoms with Crippen LogP contribution in [0.1, 0.15) is 17.2 Å². The van der Waals surface area contributed by atoms with Crippen molar-refractivity contribution in [2.45, 2.75) is 24.9 Å². The molecule has 3 rings (SSSR count). The molecule has 1 saturated heterocycles. The van der Waals surface area contributed by atoms with E-state index in [1.165, 1.54) is 0 Å². The first kappa shape index (κ1) is 19.6. The van der Waals surface area contributed by atoms with E-state index in [0.717, 1.165) is 10.0 Å². The van der Waals surface area contributed by atoms with Gasteiger partial charge in [-0.25, -0.2) is 0 Å². The summed E-state index contributed by atoms with van der Waals surface area (Å²) in [5.41, 5.74) is 1.63. The monoisotopic (exact) mass is 441 g/mol. The molecule has 3 N–H and O–H groups in total. The van der Waals surface area contributed by atoms with Gasteiger partial charge in [-0.15, -0.1) is 0 Å². The molecule has 3 atom stereocenters. The van der Waals surface area contributed by atoms with Crippen molar-refractivity contribution < 1.29 is 20.1 Å². The van der Waals surface area contributed by atoms with Crippen LogP contribution >= 0.6 is 27.5 Å². The molecule has 0 aromatic heterocycles. The predicted molar refractivity (Wildman–Crippen MR) is 103 cm³/mol. The zero-order valence-electron chi connectivity index (χ0n) is 14.1. The Bertz CT molecular complexity index is 733. The number of hydrogen-bond donors (Lipinski definition) is 3. The number of aliphatic hydroxyl groups excluding tert-OH is 3. The highest BCUT2D eigenvalue weighted by atomic mass is 79.9. The van der Waals surface area contributed by atoms with Gasteiger partial charge in [0.15, 0.2) is 0 Å². The van der Waals surface area contributed by atoms with Crippen molar-refractivity contribution in [3.05, 3.63) is 63.1 Å². The normalized spacial score (nSPS) is 21.7. The maximum atomic E-state index is 10.7. The van der Waals surface area contributed by atoms with E-state index in [0.29, 0.717) is 42.6 Å². The topological polar surface area (TPSA) is 73.2 Å². The highest BCUT2D eigenvalue weighted by Crippen LogP contribution is 2.30. The first-order chi connectivity index (χ1) is 12.4. The fourth-order valence-electron chi connectivity index (χ4n) is 2.99. The minimum absolute atomic E-state index is 0.307. The standard InChI is InChI=1S/C19H21BrClNO4/c20-13-3-6-19(26-11-12-1-4-14(21)5-2-12)15(7-13)16(23)8-22-9-17(24)18(25)10-22/h1-7,16-18,23-25H,8-11H2. The molecule has 140 valence electrons. The summed E-state index contributed by atoms with van der Waals surface area (Å²) < 4.78 is 6.74. The molecule has 0 amide bonds. The predicted octanol–water partition coefficient (Wildman–Crippen LogP) is 2.75. The molecule has 0 bridgehead atoms. The van der Waals surface area contributed by atoms with Crippen LogP contribution in [0.2, 0.25) is 5.02 Å². The Hall–Kier alpha value is -1.15. The van der Waals surface area contributed by atoms with Crippen molar-refractivity contribution in [2.75, 3.05) is 19.6 Å². The summed E-state index contributed by atoms with van der Waals surface area (Å²) in [5.74, 6) is 0.593. The van der Waals surface area contributed by atoms with E-state index in [2.05, 4.69) is 15.9 Å². The Kier molecular flexibility index (Phi) is 6.55. The Morgan fingerprint density at radius 2 is 1.77 bits per heavy atom. The summed E-state index contributed by atoms with van der Waals surface area (Å²) in [6.07, 6.45) is -2.35. The third-order valence-electron chi connectivity index (χ3n) is 4.40. The van der Waals surface area contributed by atoms with E-state index in [-0.39, 0.29) is 0 Å². The molecule has 1 aliphatic heterocycles. The summed E-state index contributed by atoms with van der Waals surface area (Å²) in [6, 6.07) is 12.9. The van der Waals surface area contributed by atoms with Crippen LogP contribution in [0.5, 0.6) is 5.75 Å². The highest BCUT2D eigenvalue weighted by Gasteiger charge is 2.31. The molecule has 0 saturated carbocycles. The number of ether oxygens (including phenoxy) is 1. The lowest BCUT2D eigenvalue weighted by atomic mass is 10.1. The van der Waals surface area contributed by atoms with E-state index >= 15 is 0 Å². The Labute approximate surface area is 165 Å². The second kappa shape index (κ2) is 8.69. The summed E-state index contributed by atoms with van der Waals surface area (Å²) >= 11 is 9.32. The molecule has 3 unspecified atom stereocenters. The quantitative estimate of drug-likeness (QED) is 0.642. The first-order valence-corrected chi connectivity index (χ1v) is 9.52. The second-order valence-electron chi connectivity index (χ2n) is 6.47. The number of rotatable bonds is 6. The minimum atomic E-state index is -0.801. The van der Waals surface area contributed by atoms with Crippen LogP contribution in [0, 0.1) is 0 Å². The molecule has 0 radical (unpaired) electrons. The molecular formula is C19H21BrClNO4. The zero-order chi connectivity index (χ0) is 18.7. The summed E-state index contributed by atoms with van der Waals surface area (Å²) in [6.45, 7) is 1.35. The van der Waals surface area contributed by atoms with Crippen LogP contribution in [0.4, 0.5) is 0 Å². The molecule has 2 aromatic carbocycles. The van der Waals surface area contributed by atoms with Crippen molar-refractivity contribution in [3.63, 3.8) is 0 Å². The number of likely N-dealkylation sites (tertiary alicyclic amines) is 1. The number of benzene rings is 2. The molecule has 0 spiro atoms. The molecule has 1 aliphatic rings. The fraction of sp³-hybridized carbons (Fsp3) is 0.368. The van der Waals surface area contributed by atoms with Gasteiger partial charge in [0.1, 0.15) is 12.4 Å². The number of hydrogen-bond acceptors (Lipinski definition) is 5. The molecule has 5 nitrogen and oxygen atoms in total. The van der Waals surface area contributed by atoms with Gasteiger partial charge in [0.2, 0.25) is 0 Å². The lowest BCUT2D eigenvalue weighted by Crippen LogP contribution is -2.27. The van der Waals surface area contributed by atoms with Gasteiger partial charge in [-0.05, 0) is 35.9 Å². The molecule has 1 heterocycles. The van der Waals surface area contributed by atoms with Crippen molar-refractivity contribution in [3.8, 4) is 5.75 Å². The minimum Gasteiger partial charge on any atom is -0.489 e. The van der Waals surface area contributed by atoms with E-state index in [9.17, 15) is 15.3 Å². The van der Waals surface area contributed by atoms with Gasteiger partial charge in [-0.1, -0.05) is 39.7 Å². The lowest BCUT2D eigenvalue weighted by Gasteiger charge is -2.22. The van der Waals surface area contributed by atoms with Gasteiger partial charge >= 0.3 is 0 Å². The van der Waals surface area contributed by atoms with Gasteiger partial charge in [-0.2, -0.15) is 0 Å². The summed E-state index contributed by atoms with van der Waals surface area (Å²) in [4.78, 5) is 1.84. The van der Waals surface area contributed by atoms with Crippen LogP contribution in [0.25, 0.3) is 0 Å². The number of nitrogens with zero attached hydrogens (tertiary/aromatic N) is 1.